The molecule has 6 atom stereocenters. The van der Waals surface area contributed by atoms with Crippen LogP contribution in [0, 0.1) is 34.5 Å². The van der Waals surface area contributed by atoms with Crippen LogP contribution in [0.5, 0.6) is 0 Å². The van der Waals surface area contributed by atoms with Gasteiger partial charge < -0.3 is 10.6 Å². The first kappa shape index (κ1) is 18.1. The summed E-state index contributed by atoms with van der Waals surface area (Å²) in [7, 11) is 0. The number of carbonyl (C=O) groups is 2. The smallest absolute Gasteiger partial charge is 0.139 e. The Labute approximate surface area is 156 Å². The lowest BCUT2D eigenvalue weighted by atomic mass is 9.45. The summed E-state index contributed by atoms with van der Waals surface area (Å²) in [6.07, 6.45) is 7.13. The fourth-order valence-electron chi connectivity index (χ4n) is 6.89. The zero-order valence-corrected chi connectivity index (χ0v) is 16.1. The Morgan fingerprint density at radius 1 is 1.12 bits per heavy atom. The SMILES string of the molecule is C[C@]12CC/C(=N/OCCN)C[C@H]1C(=O)C[C@H]1[C@H]2CC[C@@]2(C)C(=O)CC[C@@H]12. The Kier molecular flexibility index (Phi) is 4.49. The highest BCUT2D eigenvalue weighted by atomic mass is 16.6. The summed E-state index contributed by atoms with van der Waals surface area (Å²) in [5.41, 5.74) is 6.37. The quantitative estimate of drug-likeness (QED) is 0.619. The Morgan fingerprint density at radius 2 is 1.92 bits per heavy atom. The molecule has 0 aromatic carbocycles. The number of hydrogen-bond donors (Lipinski definition) is 1. The Balaban J connectivity index is 1.57. The van der Waals surface area contributed by atoms with Crippen LogP contribution in [0.15, 0.2) is 5.16 Å². The van der Waals surface area contributed by atoms with Gasteiger partial charge in [0.2, 0.25) is 0 Å². The van der Waals surface area contributed by atoms with Crippen molar-refractivity contribution in [1.82, 2.24) is 0 Å². The summed E-state index contributed by atoms with van der Waals surface area (Å²) in [4.78, 5) is 30.9. The molecule has 4 fully saturated rings. The van der Waals surface area contributed by atoms with Gasteiger partial charge in [0.25, 0.3) is 0 Å². The first-order valence-electron chi connectivity index (χ1n) is 10.3. The number of ketones is 2. The lowest BCUT2D eigenvalue weighted by Crippen LogP contribution is -2.56. The van der Waals surface area contributed by atoms with Crippen LogP contribution in [0.4, 0.5) is 0 Å². The molecule has 4 rings (SSSR count). The van der Waals surface area contributed by atoms with E-state index in [-0.39, 0.29) is 16.7 Å². The molecule has 5 heteroatoms. The Hall–Kier alpha value is -1.23. The van der Waals surface area contributed by atoms with Crippen LogP contribution < -0.4 is 5.73 Å². The van der Waals surface area contributed by atoms with Crippen molar-refractivity contribution < 1.29 is 14.4 Å². The fourth-order valence-corrected chi connectivity index (χ4v) is 6.89. The molecule has 5 nitrogen and oxygen atoms in total. The molecule has 0 amide bonds. The standard InChI is InChI=1S/C21H32N2O3/c1-20-7-5-13(23-26-10-9-22)11-17(20)18(24)12-14-15-3-4-19(25)21(15,2)8-6-16(14)20/h14-17H,3-12,22H2,1-2H3/b23-13-/t14-,15+,16-,17+,20-,21-/m1/s1. The molecule has 0 bridgehead atoms. The van der Waals surface area contributed by atoms with E-state index in [1.54, 1.807) is 0 Å². The molecule has 4 saturated carbocycles. The lowest BCUT2D eigenvalue weighted by Gasteiger charge is -2.58. The number of nitrogens with two attached hydrogens (primary N) is 1. The van der Waals surface area contributed by atoms with Gasteiger partial charge in [-0.25, -0.2) is 0 Å². The number of fused-ring (bicyclic) bond motifs is 5. The minimum absolute atomic E-state index is 0.0554. The van der Waals surface area contributed by atoms with E-state index in [2.05, 4.69) is 19.0 Å². The van der Waals surface area contributed by atoms with Crippen LogP contribution in [0.25, 0.3) is 0 Å². The highest BCUT2D eigenvalue weighted by Crippen LogP contribution is 2.64. The van der Waals surface area contributed by atoms with Crippen LogP contribution in [0.1, 0.15) is 65.2 Å². The predicted octanol–water partition coefficient (Wildman–Crippen LogP) is 3.11. The summed E-state index contributed by atoms with van der Waals surface area (Å²) < 4.78 is 0. The number of oxime groups is 1. The molecule has 0 aromatic heterocycles. The van der Waals surface area contributed by atoms with Crippen molar-refractivity contribution >= 4 is 17.3 Å². The summed E-state index contributed by atoms with van der Waals surface area (Å²) in [5.74, 6) is 2.29. The lowest BCUT2D eigenvalue weighted by molar-refractivity contribution is -0.152. The molecule has 0 heterocycles. The van der Waals surface area contributed by atoms with Crippen molar-refractivity contribution in [2.45, 2.75) is 65.2 Å². The van der Waals surface area contributed by atoms with Gasteiger partial charge in [0.15, 0.2) is 0 Å². The van der Waals surface area contributed by atoms with Gasteiger partial charge in [-0.15, -0.1) is 0 Å². The molecule has 4 aliphatic carbocycles. The second kappa shape index (κ2) is 6.43. The van der Waals surface area contributed by atoms with Gasteiger partial charge in [-0.3, -0.25) is 9.59 Å². The van der Waals surface area contributed by atoms with Gasteiger partial charge >= 0.3 is 0 Å². The topological polar surface area (TPSA) is 81.8 Å². The molecule has 26 heavy (non-hydrogen) atoms. The molecule has 0 unspecified atom stereocenters. The van der Waals surface area contributed by atoms with E-state index >= 15 is 0 Å². The van der Waals surface area contributed by atoms with Crippen LogP contribution in [0.3, 0.4) is 0 Å². The molecular weight excluding hydrogens is 328 g/mol. The van der Waals surface area contributed by atoms with Gasteiger partial charge in [-0.2, -0.15) is 0 Å². The summed E-state index contributed by atoms with van der Waals surface area (Å²) >= 11 is 0. The van der Waals surface area contributed by atoms with E-state index in [4.69, 9.17) is 10.6 Å². The zero-order valence-electron chi connectivity index (χ0n) is 16.1. The van der Waals surface area contributed by atoms with Crippen molar-refractivity contribution in [3.05, 3.63) is 0 Å². The zero-order chi connectivity index (χ0) is 18.5. The first-order chi connectivity index (χ1) is 12.4. The summed E-state index contributed by atoms with van der Waals surface area (Å²) in [6.45, 7) is 5.39. The summed E-state index contributed by atoms with van der Waals surface area (Å²) in [6, 6.07) is 0. The molecule has 2 N–H and O–H groups in total. The minimum atomic E-state index is -0.165. The normalized spacial score (nSPS) is 46.7. The number of rotatable bonds is 3. The minimum Gasteiger partial charge on any atom is -0.395 e. The predicted molar refractivity (Wildman–Crippen MR) is 99.6 cm³/mol. The van der Waals surface area contributed by atoms with Crippen LogP contribution in [0.2, 0.25) is 0 Å². The van der Waals surface area contributed by atoms with E-state index in [1.165, 1.54) is 0 Å². The van der Waals surface area contributed by atoms with E-state index in [0.29, 0.717) is 55.3 Å². The molecule has 4 aliphatic rings. The van der Waals surface area contributed by atoms with Crippen LogP contribution >= 0.6 is 0 Å². The third kappa shape index (κ3) is 2.57. The third-order valence-electron chi connectivity index (χ3n) is 8.41. The highest BCUT2D eigenvalue weighted by molar-refractivity contribution is 5.93. The maximum Gasteiger partial charge on any atom is 0.139 e. The molecule has 0 spiro atoms. The molecule has 0 aliphatic heterocycles. The van der Waals surface area contributed by atoms with Gasteiger partial charge in [0.1, 0.15) is 18.2 Å². The van der Waals surface area contributed by atoms with Gasteiger partial charge in [0.05, 0.1) is 5.71 Å². The number of carbonyl (C=O) groups excluding carboxylic acids is 2. The van der Waals surface area contributed by atoms with Gasteiger partial charge in [0, 0.05) is 30.7 Å². The second-order valence-corrected chi connectivity index (χ2v) is 9.51. The number of hydrogen-bond acceptors (Lipinski definition) is 5. The summed E-state index contributed by atoms with van der Waals surface area (Å²) in [5, 5.41) is 4.25. The van der Waals surface area contributed by atoms with Crippen molar-refractivity contribution in [3.8, 4) is 0 Å². The molecule has 0 aromatic rings. The van der Waals surface area contributed by atoms with E-state index in [1.807, 2.05) is 0 Å². The average Bonchev–Trinajstić information content (AvgIpc) is 2.92. The van der Waals surface area contributed by atoms with Crippen molar-refractivity contribution in [2.75, 3.05) is 13.2 Å². The molecule has 144 valence electrons. The fraction of sp³-hybridized carbons (Fsp3) is 0.857. The maximum absolute atomic E-state index is 13.1. The van der Waals surface area contributed by atoms with Crippen molar-refractivity contribution in [3.63, 3.8) is 0 Å². The first-order valence-corrected chi connectivity index (χ1v) is 10.3. The van der Waals surface area contributed by atoms with Gasteiger partial charge in [-0.05, 0) is 61.7 Å². The van der Waals surface area contributed by atoms with E-state index in [0.717, 1.165) is 44.2 Å². The number of Topliss-reactive ketones (excluding diaryl/α,β-unsaturated/α-hetero) is 2. The molecule has 0 saturated heterocycles. The Morgan fingerprint density at radius 3 is 2.69 bits per heavy atom. The van der Waals surface area contributed by atoms with Crippen LogP contribution in [-0.2, 0) is 14.4 Å². The van der Waals surface area contributed by atoms with E-state index in [9.17, 15) is 9.59 Å². The average molecular weight is 360 g/mol. The highest BCUT2D eigenvalue weighted by Gasteiger charge is 2.62. The third-order valence-corrected chi connectivity index (χ3v) is 8.41. The van der Waals surface area contributed by atoms with Crippen LogP contribution in [-0.4, -0.2) is 30.4 Å². The monoisotopic (exact) mass is 360 g/mol. The maximum atomic E-state index is 13.1. The van der Waals surface area contributed by atoms with Gasteiger partial charge in [-0.1, -0.05) is 19.0 Å². The Bertz CT molecular complexity index is 645. The molecular formula is C21H32N2O3. The van der Waals surface area contributed by atoms with E-state index < -0.39 is 0 Å². The number of nitrogens with zero attached hydrogens (tertiary/aromatic N) is 1. The van der Waals surface area contributed by atoms with Crippen molar-refractivity contribution in [2.24, 2.45) is 45.4 Å². The molecule has 0 radical (unpaired) electrons. The van der Waals surface area contributed by atoms with Crippen molar-refractivity contribution in [1.29, 1.82) is 0 Å². The second-order valence-electron chi connectivity index (χ2n) is 9.51. The largest absolute Gasteiger partial charge is 0.395 e.